The second-order valence-electron chi connectivity index (χ2n) is 4.60. The van der Waals surface area contributed by atoms with Crippen LogP contribution >= 0.6 is 0 Å². The van der Waals surface area contributed by atoms with Crippen molar-refractivity contribution in [2.75, 3.05) is 12.0 Å². The highest BCUT2D eigenvalue weighted by atomic mass is 16.6. The van der Waals surface area contributed by atoms with E-state index < -0.39 is 16.7 Å². The number of benzene rings is 2. The third-order valence-electron chi connectivity index (χ3n) is 3.41. The number of hydrogen-bond acceptors (Lipinski definition) is 5. The van der Waals surface area contributed by atoms with E-state index in [1.165, 1.54) is 37.4 Å². The van der Waals surface area contributed by atoms with Gasteiger partial charge in [-0.15, -0.1) is 0 Å². The first-order valence-corrected chi connectivity index (χ1v) is 6.35. The summed E-state index contributed by atoms with van der Waals surface area (Å²) in [5.74, 6) is -0.855. The predicted molar refractivity (Wildman–Crippen MR) is 77.2 cm³/mol. The highest BCUT2D eigenvalue weighted by Gasteiger charge is 2.39. The van der Waals surface area contributed by atoms with E-state index in [0.717, 1.165) is 4.90 Å². The van der Waals surface area contributed by atoms with Gasteiger partial charge in [0.2, 0.25) is 0 Å². The van der Waals surface area contributed by atoms with Crippen molar-refractivity contribution < 1.29 is 19.2 Å². The maximum atomic E-state index is 12.4. The summed E-state index contributed by atoms with van der Waals surface area (Å²) in [7, 11) is 1.40. The summed E-state index contributed by atoms with van der Waals surface area (Å²) in [4.78, 5) is 36.2. The zero-order valence-corrected chi connectivity index (χ0v) is 11.5. The number of nitrogens with zero attached hydrogens (tertiary/aromatic N) is 2. The van der Waals surface area contributed by atoms with Crippen LogP contribution in [0.2, 0.25) is 0 Å². The molecular formula is C15H10N2O5. The van der Waals surface area contributed by atoms with Gasteiger partial charge >= 0.3 is 0 Å². The van der Waals surface area contributed by atoms with E-state index in [-0.39, 0.29) is 22.5 Å². The second kappa shape index (κ2) is 4.96. The Morgan fingerprint density at radius 3 is 2.14 bits per heavy atom. The van der Waals surface area contributed by atoms with Gasteiger partial charge in [-0.2, -0.15) is 0 Å². The van der Waals surface area contributed by atoms with Gasteiger partial charge in [0.05, 0.1) is 23.2 Å². The van der Waals surface area contributed by atoms with Crippen molar-refractivity contribution in [2.24, 2.45) is 0 Å². The molecule has 0 unspecified atom stereocenters. The van der Waals surface area contributed by atoms with E-state index >= 15 is 0 Å². The Morgan fingerprint density at radius 2 is 1.64 bits per heavy atom. The van der Waals surface area contributed by atoms with Gasteiger partial charge in [-0.3, -0.25) is 19.7 Å². The van der Waals surface area contributed by atoms with Crippen LogP contribution in [0.15, 0.2) is 42.5 Å². The van der Waals surface area contributed by atoms with Crippen molar-refractivity contribution in [2.45, 2.75) is 0 Å². The number of carbonyl (C=O) groups excluding carboxylic acids is 2. The molecule has 0 saturated heterocycles. The standard InChI is InChI=1S/C15H10N2O5/c1-22-9-6-7-12(17(20)21)13(8-9)16-14(18)10-4-2-3-5-11(10)15(16)19/h2-8H,1H3. The third-order valence-corrected chi connectivity index (χ3v) is 3.41. The SMILES string of the molecule is COc1ccc([N+](=O)[O-])c(N2C(=O)c3ccccc3C2=O)c1. The van der Waals surface area contributed by atoms with Crippen molar-refractivity contribution in [1.29, 1.82) is 0 Å². The Labute approximate surface area is 124 Å². The lowest BCUT2D eigenvalue weighted by Gasteiger charge is -2.14. The Hall–Kier alpha value is -3.22. The van der Waals surface area contributed by atoms with E-state index in [1.807, 2.05) is 0 Å². The van der Waals surface area contributed by atoms with Crippen molar-refractivity contribution in [3.63, 3.8) is 0 Å². The molecule has 22 heavy (non-hydrogen) atoms. The number of ether oxygens (including phenoxy) is 1. The first-order valence-electron chi connectivity index (χ1n) is 6.35. The van der Waals surface area contributed by atoms with Gasteiger partial charge in [0.15, 0.2) is 0 Å². The molecule has 0 saturated carbocycles. The van der Waals surface area contributed by atoms with Gasteiger partial charge < -0.3 is 4.74 Å². The lowest BCUT2D eigenvalue weighted by molar-refractivity contribution is -0.384. The van der Waals surface area contributed by atoms with Crippen molar-refractivity contribution in [3.05, 3.63) is 63.7 Å². The molecule has 0 radical (unpaired) electrons. The molecule has 7 nitrogen and oxygen atoms in total. The lowest BCUT2D eigenvalue weighted by Crippen LogP contribution is -2.30. The van der Waals surface area contributed by atoms with Crippen LogP contribution in [0.25, 0.3) is 0 Å². The second-order valence-corrected chi connectivity index (χ2v) is 4.60. The van der Waals surface area contributed by atoms with Crippen molar-refractivity contribution in [1.82, 2.24) is 0 Å². The summed E-state index contributed by atoms with van der Waals surface area (Å²) in [6.07, 6.45) is 0. The molecule has 1 aliphatic heterocycles. The van der Waals surface area contributed by atoms with Crippen molar-refractivity contribution >= 4 is 23.2 Å². The number of nitro groups is 1. The molecular weight excluding hydrogens is 288 g/mol. The molecule has 0 fully saturated rings. The van der Waals surface area contributed by atoms with Crippen LogP contribution in [0.1, 0.15) is 20.7 Å². The summed E-state index contributed by atoms with van der Waals surface area (Å²) in [6.45, 7) is 0. The first kappa shape index (κ1) is 13.7. The zero-order chi connectivity index (χ0) is 15.9. The molecule has 0 N–H and O–H groups in total. The molecule has 7 heteroatoms. The van der Waals surface area contributed by atoms with Crippen LogP contribution in [0.3, 0.4) is 0 Å². The molecule has 110 valence electrons. The topological polar surface area (TPSA) is 89.8 Å². The van der Waals surface area contributed by atoms with Crippen LogP contribution in [0, 0.1) is 10.1 Å². The Morgan fingerprint density at radius 1 is 1.05 bits per heavy atom. The van der Waals surface area contributed by atoms with Crippen molar-refractivity contribution in [3.8, 4) is 5.75 Å². The molecule has 1 heterocycles. The summed E-state index contributed by atoms with van der Waals surface area (Å²) in [5.41, 5.74) is 0.0140. The Bertz CT molecular complexity index is 780. The molecule has 2 aromatic rings. The summed E-state index contributed by atoms with van der Waals surface area (Å²) >= 11 is 0. The highest BCUT2D eigenvalue weighted by molar-refractivity contribution is 6.35. The fourth-order valence-electron chi connectivity index (χ4n) is 2.37. The van der Waals surface area contributed by atoms with E-state index in [9.17, 15) is 19.7 Å². The number of hydrogen-bond donors (Lipinski definition) is 0. The van der Waals surface area contributed by atoms with Crippen LogP contribution in [0.5, 0.6) is 5.75 Å². The molecule has 1 aliphatic rings. The van der Waals surface area contributed by atoms with Gasteiger partial charge in [-0.1, -0.05) is 12.1 Å². The lowest BCUT2D eigenvalue weighted by atomic mass is 10.1. The molecule has 0 aliphatic carbocycles. The fourth-order valence-corrected chi connectivity index (χ4v) is 2.37. The molecule has 0 aromatic heterocycles. The molecule has 2 amide bonds. The van der Waals surface area contributed by atoms with Gasteiger partial charge in [0.25, 0.3) is 17.5 Å². The molecule has 0 bridgehead atoms. The molecule has 2 aromatic carbocycles. The third kappa shape index (κ3) is 1.91. The van der Waals surface area contributed by atoms with Crippen LogP contribution in [0.4, 0.5) is 11.4 Å². The monoisotopic (exact) mass is 298 g/mol. The number of imide groups is 1. The largest absolute Gasteiger partial charge is 0.497 e. The van der Waals surface area contributed by atoms with Gasteiger partial charge in [-0.05, 0) is 18.2 Å². The smallest absolute Gasteiger partial charge is 0.293 e. The summed E-state index contributed by atoms with van der Waals surface area (Å²) in [5, 5.41) is 11.2. The quantitative estimate of drug-likeness (QED) is 0.493. The first-order chi connectivity index (χ1) is 10.5. The highest BCUT2D eigenvalue weighted by Crippen LogP contribution is 2.36. The number of nitro benzene ring substituents is 1. The van der Waals surface area contributed by atoms with E-state index in [4.69, 9.17) is 4.74 Å². The minimum absolute atomic E-state index is 0.101. The van der Waals surface area contributed by atoms with Gasteiger partial charge in [-0.25, -0.2) is 4.90 Å². The number of rotatable bonds is 3. The number of anilines is 1. The minimum atomic E-state index is -0.641. The zero-order valence-electron chi connectivity index (χ0n) is 11.5. The minimum Gasteiger partial charge on any atom is -0.497 e. The van der Waals surface area contributed by atoms with Crippen LogP contribution < -0.4 is 9.64 Å². The Balaban J connectivity index is 2.19. The van der Waals surface area contributed by atoms with E-state index in [0.29, 0.717) is 5.75 Å². The van der Waals surface area contributed by atoms with E-state index in [1.54, 1.807) is 12.1 Å². The maximum absolute atomic E-state index is 12.4. The van der Waals surface area contributed by atoms with Gasteiger partial charge in [0, 0.05) is 12.1 Å². The number of amides is 2. The summed E-state index contributed by atoms with van der Waals surface area (Å²) in [6, 6.07) is 10.2. The molecule has 0 atom stereocenters. The molecule has 0 spiro atoms. The normalized spacial score (nSPS) is 13.2. The van der Waals surface area contributed by atoms with Crippen LogP contribution in [-0.2, 0) is 0 Å². The fraction of sp³-hybridized carbons (Fsp3) is 0.0667. The molecule has 3 rings (SSSR count). The number of carbonyl (C=O) groups is 2. The van der Waals surface area contributed by atoms with Gasteiger partial charge in [0.1, 0.15) is 11.4 Å². The average Bonchev–Trinajstić information content (AvgIpc) is 2.78. The summed E-state index contributed by atoms with van der Waals surface area (Å²) < 4.78 is 5.02. The Kier molecular flexibility index (Phi) is 3.10. The number of fused-ring (bicyclic) bond motifs is 1. The van der Waals surface area contributed by atoms with E-state index in [2.05, 4.69) is 0 Å². The number of methoxy groups -OCH3 is 1. The average molecular weight is 298 g/mol. The predicted octanol–water partition coefficient (Wildman–Crippen LogP) is 2.40. The van der Waals surface area contributed by atoms with Crippen LogP contribution in [-0.4, -0.2) is 23.8 Å². The maximum Gasteiger partial charge on any atom is 0.293 e.